The van der Waals surface area contributed by atoms with Crippen molar-refractivity contribution in [1.82, 2.24) is 0 Å². The summed E-state index contributed by atoms with van der Waals surface area (Å²) in [5.74, 6) is 0.180. The van der Waals surface area contributed by atoms with Gasteiger partial charge in [0.2, 0.25) is 0 Å². The minimum Gasteiger partial charge on any atom is -0.295 e. The summed E-state index contributed by atoms with van der Waals surface area (Å²) >= 11 is 0. The van der Waals surface area contributed by atoms with Crippen molar-refractivity contribution in [1.29, 1.82) is 0 Å². The zero-order valence-electron chi connectivity index (χ0n) is 11.1. The van der Waals surface area contributed by atoms with E-state index in [1.54, 1.807) is 6.92 Å². The van der Waals surface area contributed by atoms with Crippen LogP contribution in [0.15, 0.2) is 34.9 Å². The predicted molar refractivity (Wildman–Crippen MR) is 69.3 cm³/mol. The molecule has 0 aliphatic heterocycles. The lowest BCUT2D eigenvalue weighted by atomic mass is 9.82. The van der Waals surface area contributed by atoms with E-state index >= 15 is 0 Å². The number of hydrogen-bond donors (Lipinski definition) is 0. The Labute approximate surface area is 98.9 Å². The number of Topliss-reactive ketones (excluding diaryl/α,β-unsaturated/α-hetero) is 1. The van der Waals surface area contributed by atoms with Crippen LogP contribution in [-0.2, 0) is 4.79 Å². The second-order valence-electron chi connectivity index (χ2n) is 5.01. The van der Waals surface area contributed by atoms with Gasteiger partial charge in [-0.25, -0.2) is 0 Å². The molecule has 88 valence electrons. The van der Waals surface area contributed by atoms with Crippen molar-refractivity contribution in [2.24, 2.45) is 5.41 Å². The average molecular weight is 218 g/mol. The molecule has 1 aliphatic carbocycles. The Morgan fingerprint density at radius 1 is 1.50 bits per heavy atom. The van der Waals surface area contributed by atoms with E-state index in [1.165, 1.54) is 11.1 Å². The Bertz CT molecular complexity index is 378. The zero-order chi connectivity index (χ0) is 12.3. The third kappa shape index (κ3) is 2.52. The molecule has 0 saturated heterocycles. The summed E-state index contributed by atoms with van der Waals surface area (Å²) in [6.45, 7) is 10.3. The van der Waals surface area contributed by atoms with Crippen LogP contribution in [0.4, 0.5) is 0 Å². The maximum atomic E-state index is 11.3. The predicted octanol–water partition coefficient (Wildman–Crippen LogP) is 4.21. The van der Waals surface area contributed by atoms with E-state index in [2.05, 4.69) is 32.9 Å². The Morgan fingerprint density at radius 3 is 2.50 bits per heavy atom. The van der Waals surface area contributed by atoms with Crippen LogP contribution in [0.5, 0.6) is 0 Å². The molecule has 0 aromatic carbocycles. The van der Waals surface area contributed by atoms with Crippen LogP contribution in [0, 0.1) is 5.41 Å². The van der Waals surface area contributed by atoms with E-state index in [9.17, 15) is 4.79 Å². The fourth-order valence-corrected chi connectivity index (χ4v) is 1.99. The van der Waals surface area contributed by atoms with Crippen LogP contribution in [0.3, 0.4) is 0 Å². The van der Waals surface area contributed by atoms with Crippen molar-refractivity contribution in [2.45, 2.75) is 47.5 Å². The molecule has 0 amide bonds. The van der Waals surface area contributed by atoms with Gasteiger partial charge in [0.1, 0.15) is 0 Å². The maximum Gasteiger partial charge on any atom is 0.155 e. The minimum absolute atomic E-state index is 0.159. The number of rotatable bonds is 3. The molecule has 0 aromatic heterocycles. The van der Waals surface area contributed by atoms with Crippen molar-refractivity contribution in [3.05, 3.63) is 34.9 Å². The Balaban J connectivity index is 2.93. The average Bonchev–Trinajstić information content (AvgIpc) is 2.44. The van der Waals surface area contributed by atoms with Gasteiger partial charge in [-0.15, -0.1) is 0 Å². The largest absolute Gasteiger partial charge is 0.295 e. The van der Waals surface area contributed by atoms with E-state index in [0.29, 0.717) is 0 Å². The molecule has 0 unspecified atom stereocenters. The number of carbonyl (C=O) groups excluding carboxylic acids is 1. The summed E-state index contributed by atoms with van der Waals surface area (Å²) in [5, 5.41) is 0. The van der Waals surface area contributed by atoms with Crippen molar-refractivity contribution in [2.75, 3.05) is 0 Å². The molecule has 0 N–H and O–H groups in total. The number of ketones is 1. The molecule has 1 aliphatic rings. The van der Waals surface area contributed by atoms with E-state index in [0.717, 1.165) is 18.4 Å². The SMILES string of the molecule is CC/C(=C\C=C1/CC=C(C)C1(C)C)C(C)=O. The minimum atomic E-state index is 0.159. The van der Waals surface area contributed by atoms with Crippen molar-refractivity contribution in [3.8, 4) is 0 Å². The molecule has 16 heavy (non-hydrogen) atoms. The number of hydrogen-bond acceptors (Lipinski definition) is 1. The van der Waals surface area contributed by atoms with Crippen LogP contribution in [0.1, 0.15) is 47.5 Å². The van der Waals surface area contributed by atoms with Crippen LogP contribution >= 0.6 is 0 Å². The van der Waals surface area contributed by atoms with Crippen molar-refractivity contribution >= 4 is 5.78 Å². The lowest BCUT2D eigenvalue weighted by molar-refractivity contribution is -0.113. The summed E-state index contributed by atoms with van der Waals surface area (Å²) in [6.07, 6.45) is 8.23. The van der Waals surface area contributed by atoms with E-state index in [4.69, 9.17) is 0 Å². The van der Waals surface area contributed by atoms with Gasteiger partial charge in [-0.05, 0) is 32.3 Å². The summed E-state index contributed by atoms with van der Waals surface area (Å²) < 4.78 is 0. The molecule has 0 heterocycles. The Kier molecular flexibility index (Phi) is 3.90. The van der Waals surface area contributed by atoms with E-state index in [-0.39, 0.29) is 11.2 Å². The molecule has 0 atom stereocenters. The normalized spacial score (nSPS) is 22.4. The smallest absolute Gasteiger partial charge is 0.155 e. The van der Waals surface area contributed by atoms with Gasteiger partial charge in [0.25, 0.3) is 0 Å². The van der Waals surface area contributed by atoms with Gasteiger partial charge in [-0.3, -0.25) is 4.79 Å². The first-order chi connectivity index (χ1) is 7.39. The van der Waals surface area contributed by atoms with Gasteiger partial charge in [0.15, 0.2) is 5.78 Å². The molecule has 0 aromatic rings. The molecule has 0 fully saturated rings. The van der Waals surface area contributed by atoms with Crippen LogP contribution in [0.25, 0.3) is 0 Å². The molecule has 1 heteroatoms. The number of allylic oxidation sites excluding steroid dienone is 6. The zero-order valence-corrected chi connectivity index (χ0v) is 11.1. The van der Waals surface area contributed by atoms with E-state index < -0.39 is 0 Å². The van der Waals surface area contributed by atoms with Crippen LogP contribution in [0.2, 0.25) is 0 Å². The molecule has 0 bridgehead atoms. The lowest BCUT2D eigenvalue weighted by Crippen LogP contribution is -2.10. The number of carbonyl (C=O) groups is 1. The molecular formula is C15H22O. The highest BCUT2D eigenvalue weighted by Crippen LogP contribution is 2.42. The van der Waals surface area contributed by atoms with Gasteiger partial charge in [0.05, 0.1) is 0 Å². The van der Waals surface area contributed by atoms with Crippen LogP contribution < -0.4 is 0 Å². The van der Waals surface area contributed by atoms with Crippen LogP contribution in [-0.4, -0.2) is 5.78 Å². The van der Waals surface area contributed by atoms with Gasteiger partial charge < -0.3 is 0 Å². The first-order valence-electron chi connectivity index (χ1n) is 5.98. The quantitative estimate of drug-likeness (QED) is 0.512. The molecule has 0 spiro atoms. The molecule has 1 nitrogen and oxygen atoms in total. The summed E-state index contributed by atoms with van der Waals surface area (Å²) in [7, 11) is 0. The second kappa shape index (κ2) is 4.82. The first kappa shape index (κ1) is 13.0. The van der Waals surface area contributed by atoms with Crippen molar-refractivity contribution in [3.63, 3.8) is 0 Å². The molecule has 1 rings (SSSR count). The Morgan fingerprint density at radius 2 is 2.12 bits per heavy atom. The molecular weight excluding hydrogens is 196 g/mol. The van der Waals surface area contributed by atoms with Gasteiger partial charge in [0, 0.05) is 5.41 Å². The third-order valence-corrected chi connectivity index (χ3v) is 3.74. The molecule has 0 radical (unpaired) electrons. The second-order valence-corrected chi connectivity index (χ2v) is 5.01. The maximum absolute atomic E-state index is 11.3. The van der Waals surface area contributed by atoms with Gasteiger partial charge in [-0.2, -0.15) is 0 Å². The van der Waals surface area contributed by atoms with Gasteiger partial charge >= 0.3 is 0 Å². The lowest BCUT2D eigenvalue weighted by Gasteiger charge is -2.22. The summed E-state index contributed by atoms with van der Waals surface area (Å²) in [5.41, 5.74) is 3.89. The van der Waals surface area contributed by atoms with E-state index in [1.807, 2.05) is 13.0 Å². The van der Waals surface area contributed by atoms with Crippen molar-refractivity contribution < 1.29 is 4.79 Å². The highest BCUT2D eigenvalue weighted by Gasteiger charge is 2.28. The van der Waals surface area contributed by atoms with Gasteiger partial charge in [-0.1, -0.05) is 50.1 Å². The fraction of sp³-hybridized carbons (Fsp3) is 0.533. The first-order valence-corrected chi connectivity index (χ1v) is 5.98. The fourth-order valence-electron chi connectivity index (χ4n) is 1.99. The summed E-state index contributed by atoms with van der Waals surface area (Å²) in [6, 6.07) is 0. The third-order valence-electron chi connectivity index (χ3n) is 3.74. The highest BCUT2D eigenvalue weighted by atomic mass is 16.1. The molecule has 0 saturated carbocycles. The Hall–Kier alpha value is -1.11. The summed E-state index contributed by atoms with van der Waals surface area (Å²) in [4.78, 5) is 11.3. The standard InChI is InChI=1S/C15H22O/c1-6-13(12(3)16)8-10-14-9-7-11(2)15(14,4)5/h7-8,10H,6,9H2,1-5H3/b13-8+,14-10+. The monoisotopic (exact) mass is 218 g/mol. The topological polar surface area (TPSA) is 17.1 Å². The highest BCUT2D eigenvalue weighted by molar-refractivity contribution is 5.93.